The van der Waals surface area contributed by atoms with Crippen LogP contribution in [-0.4, -0.2) is 55.1 Å². The predicted molar refractivity (Wildman–Crippen MR) is 111 cm³/mol. The number of hydrogen-bond donors (Lipinski definition) is 2. The highest BCUT2D eigenvalue weighted by Crippen LogP contribution is 2.37. The lowest BCUT2D eigenvalue weighted by atomic mass is 9.71. The quantitative estimate of drug-likeness (QED) is 0.298. The third-order valence-electron chi connectivity index (χ3n) is 6.33. The number of hydrogen-bond acceptors (Lipinski definition) is 6. The Morgan fingerprint density at radius 1 is 1.23 bits per heavy atom. The van der Waals surface area contributed by atoms with Gasteiger partial charge in [0.05, 0.1) is 11.5 Å². The van der Waals surface area contributed by atoms with Gasteiger partial charge in [0.2, 0.25) is 17.7 Å². The Hall–Kier alpha value is -2.27. The van der Waals surface area contributed by atoms with E-state index in [0.29, 0.717) is 51.9 Å². The zero-order valence-electron chi connectivity index (χ0n) is 18.2. The van der Waals surface area contributed by atoms with Gasteiger partial charge >= 0.3 is 0 Å². The molecule has 0 aromatic heterocycles. The third-order valence-corrected chi connectivity index (χ3v) is 6.33. The summed E-state index contributed by atoms with van der Waals surface area (Å²) in [5.41, 5.74) is -0.920. The second-order valence-corrected chi connectivity index (χ2v) is 9.34. The highest BCUT2D eigenvalue weighted by Gasteiger charge is 2.37. The first-order valence-electron chi connectivity index (χ1n) is 10.9. The predicted octanol–water partition coefficient (Wildman–Crippen LogP) is 1.55. The Morgan fingerprint density at radius 3 is 2.43 bits per heavy atom. The number of amides is 3. The maximum absolute atomic E-state index is 11.9. The van der Waals surface area contributed by atoms with E-state index in [1.807, 2.05) is 13.8 Å². The van der Waals surface area contributed by atoms with E-state index in [4.69, 9.17) is 5.26 Å². The maximum atomic E-state index is 11.9. The Balaban J connectivity index is 1.64. The molecule has 1 aliphatic carbocycles. The average Bonchev–Trinajstić information content (AvgIpc) is 3.05. The minimum atomic E-state index is -0.500. The molecule has 2 aliphatic rings. The van der Waals surface area contributed by atoms with Crippen LogP contribution in [0.25, 0.3) is 0 Å². The molecule has 8 heteroatoms. The minimum Gasteiger partial charge on any atom is -0.355 e. The molecule has 1 saturated carbocycles. The van der Waals surface area contributed by atoms with Crippen molar-refractivity contribution in [2.75, 3.05) is 26.2 Å². The SMILES string of the molecule is CC(C)(C#N)CCC(=O)NCCNCC1(C=O)CCC(CN2C(=O)CCC2=O)CC1. The smallest absolute Gasteiger partial charge is 0.229 e. The lowest BCUT2D eigenvalue weighted by molar-refractivity contribution is -0.139. The summed E-state index contributed by atoms with van der Waals surface area (Å²) in [6.07, 6.45) is 5.63. The summed E-state index contributed by atoms with van der Waals surface area (Å²) in [6.45, 7) is 5.72. The molecule has 30 heavy (non-hydrogen) atoms. The van der Waals surface area contributed by atoms with Crippen LogP contribution in [0.15, 0.2) is 0 Å². The fourth-order valence-corrected chi connectivity index (χ4v) is 4.05. The van der Waals surface area contributed by atoms with E-state index >= 15 is 0 Å². The zero-order valence-corrected chi connectivity index (χ0v) is 18.2. The summed E-state index contributed by atoms with van der Waals surface area (Å²) in [6, 6.07) is 2.19. The molecule has 0 radical (unpaired) electrons. The Labute approximate surface area is 178 Å². The van der Waals surface area contributed by atoms with Crippen LogP contribution >= 0.6 is 0 Å². The van der Waals surface area contributed by atoms with Crippen LogP contribution in [0.1, 0.15) is 65.2 Å². The van der Waals surface area contributed by atoms with Crippen LogP contribution in [0.4, 0.5) is 0 Å². The molecule has 8 nitrogen and oxygen atoms in total. The van der Waals surface area contributed by atoms with Gasteiger partial charge in [0.1, 0.15) is 6.29 Å². The number of carbonyl (C=O) groups excluding carboxylic acids is 4. The number of aldehydes is 1. The lowest BCUT2D eigenvalue weighted by Crippen LogP contribution is -2.43. The van der Waals surface area contributed by atoms with Crippen LogP contribution in [-0.2, 0) is 19.2 Å². The summed E-state index contributed by atoms with van der Waals surface area (Å²) in [5, 5.41) is 15.1. The molecule has 0 aromatic carbocycles. The molecule has 1 saturated heterocycles. The van der Waals surface area contributed by atoms with Gasteiger partial charge in [0, 0.05) is 50.9 Å². The molecule has 0 bridgehead atoms. The van der Waals surface area contributed by atoms with Gasteiger partial charge in [-0.15, -0.1) is 0 Å². The fourth-order valence-electron chi connectivity index (χ4n) is 4.05. The van der Waals surface area contributed by atoms with Crippen LogP contribution in [0.2, 0.25) is 0 Å². The molecule has 0 aromatic rings. The van der Waals surface area contributed by atoms with Gasteiger partial charge in [-0.25, -0.2) is 0 Å². The number of rotatable bonds is 11. The molecule has 2 rings (SSSR count). The first-order chi connectivity index (χ1) is 14.2. The first kappa shape index (κ1) is 24.0. The normalized spacial score (nSPS) is 24.6. The van der Waals surface area contributed by atoms with E-state index < -0.39 is 10.8 Å². The first-order valence-corrected chi connectivity index (χ1v) is 10.9. The molecule has 1 heterocycles. The maximum Gasteiger partial charge on any atom is 0.229 e. The molecule has 0 atom stereocenters. The van der Waals surface area contributed by atoms with E-state index in [2.05, 4.69) is 16.7 Å². The highest BCUT2D eigenvalue weighted by molar-refractivity contribution is 6.01. The van der Waals surface area contributed by atoms with Gasteiger partial charge in [-0.1, -0.05) is 0 Å². The van der Waals surface area contributed by atoms with Gasteiger partial charge in [-0.05, 0) is 51.9 Å². The van der Waals surface area contributed by atoms with Gasteiger partial charge in [0.25, 0.3) is 0 Å². The van der Waals surface area contributed by atoms with Crippen molar-refractivity contribution in [2.45, 2.75) is 65.2 Å². The van der Waals surface area contributed by atoms with Gasteiger partial charge in [0.15, 0.2) is 0 Å². The standard InChI is InChI=1S/C22H34N4O4/c1-21(2,14-23)8-7-18(28)25-12-11-24-15-22(16-27)9-5-17(6-10-22)13-26-19(29)3-4-20(26)30/h16-17,24H,3-13,15H2,1-2H3,(H,25,28). The molecule has 3 amide bonds. The van der Waals surface area contributed by atoms with E-state index in [-0.39, 0.29) is 23.6 Å². The van der Waals surface area contributed by atoms with Crippen molar-refractivity contribution in [3.63, 3.8) is 0 Å². The van der Waals surface area contributed by atoms with Crippen LogP contribution in [0.3, 0.4) is 0 Å². The Bertz CT molecular complexity index is 674. The van der Waals surface area contributed by atoms with Crippen LogP contribution in [0.5, 0.6) is 0 Å². The highest BCUT2D eigenvalue weighted by atomic mass is 16.2. The van der Waals surface area contributed by atoms with Crippen molar-refractivity contribution in [1.29, 1.82) is 5.26 Å². The number of nitriles is 1. The summed E-state index contributed by atoms with van der Waals surface area (Å²) in [7, 11) is 0. The van der Waals surface area contributed by atoms with Gasteiger partial charge in [-0.2, -0.15) is 5.26 Å². The molecular formula is C22H34N4O4. The summed E-state index contributed by atoms with van der Waals surface area (Å²) in [4.78, 5) is 48.6. The van der Waals surface area contributed by atoms with Gasteiger partial charge in [-0.3, -0.25) is 19.3 Å². The molecular weight excluding hydrogens is 384 g/mol. The van der Waals surface area contributed by atoms with Crippen molar-refractivity contribution in [2.24, 2.45) is 16.7 Å². The molecule has 0 spiro atoms. The van der Waals surface area contributed by atoms with Crippen molar-refractivity contribution in [3.05, 3.63) is 0 Å². The van der Waals surface area contributed by atoms with E-state index in [0.717, 1.165) is 32.0 Å². The monoisotopic (exact) mass is 418 g/mol. The molecule has 0 unspecified atom stereocenters. The summed E-state index contributed by atoms with van der Waals surface area (Å²) in [5.74, 6) is 0.0389. The van der Waals surface area contributed by atoms with E-state index in [1.165, 1.54) is 4.90 Å². The fraction of sp³-hybridized carbons (Fsp3) is 0.773. The van der Waals surface area contributed by atoms with Crippen LogP contribution < -0.4 is 10.6 Å². The molecule has 1 aliphatic heterocycles. The number of likely N-dealkylation sites (tertiary alicyclic amines) is 1. The zero-order chi connectivity index (χ0) is 22.2. The molecule has 166 valence electrons. The van der Waals surface area contributed by atoms with E-state index in [1.54, 1.807) is 0 Å². The second kappa shape index (κ2) is 10.7. The van der Waals surface area contributed by atoms with Crippen molar-refractivity contribution >= 4 is 24.0 Å². The summed E-state index contributed by atoms with van der Waals surface area (Å²) >= 11 is 0. The Morgan fingerprint density at radius 2 is 1.87 bits per heavy atom. The topological polar surface area (TPSA) is 119 Å². The largest absolute Gasteiger partial charge is 0.355 e. The second-order valence-electron chi connectivity index (χ2n) is 9.34. The lowest BCUT2D eigenvalue weighted by Gasteiger charge is -2.37. The summed E-state index contributed by atoms with van der Waals surface area (Å²) < 4.78 is 0. The number of nitrogens with zero attached hydrogens (tertiary/aromatic N) is 2. The van der Waals surface area contributed by atoms with Crippen molar-refractivity contribution in [1.82, 2.24) is 15.5 Å². The van der Waals surface area contributed by atoms with Gasteiger partial charge < -0.3 is 15.4 Å². The molecule has 2 fully saturated rings. The van der Waals surface area contributed by atoms with Crippen LogP contribution in [0, 0.1) is 28.1 Å². The minimum absolute atomic E-state index is 0.0725. The average molecular weight is 419 g/mol. The number of imide groups is 1. The number of nitrogens with one attached hydrogen (secondary N) is 2. The Kier molecular flexibility index (Phi) is 8.54. The molecule has 2 N–H and O–H groups in total. The number of carbonyl (C=O) groups is 4. The van der Waals surface area contributed by atoms with Crippen molar-refractivity contribution in [3.8, 4) is 6.07 Å². The van der Waals surface area contributed by atoms with E-state index in [9.17, 15) is 19.2 Å². The van der Waals surface area contributed by atoms with Crippen molar-refractivity contribution < 1.29 is 19.2 Å². The third kappa shape index (κ3) is 6.91.